The van der Waals surface area contributed by atoms with Crippen molar-refractivity contribution < 1.29 is 27.6 Å². The van der Waals surface area contributed by atoms with Crippen molar-refractivity contribution in [3.8, 4) is 12.0 Å². The Hall–Kier alpha value is -2.44. The molecule has 0 N–H and O–H groups in total. The van der Waals surface area contributed by atoms with Crippen molar-refractivity contribution >= 4 is 21.7 Å². The van der Waals surface area contributed by atoms with Gasteiger partial charge in [-0.2, -0.15) is 18.2 Å². The largest absolute Gasteiger partial charge is 0.455 e. The fourth-order valence-electron chi connectivity index (χ4n) is 1.99. The predicted molar refractivity (Wildman–Crippen MR) is 73.5 cm³/mol. The van der Waals surface area contributed by atoms with Gasteiger partial charge in [-0.3, -0.25) is 4.57 Å². The van der Waals surface area contributed by atoms with Crippen LogP contribution in [-0.4, -0.2) is 37.2 Å². The molecule has 9 nitrogen and oxygen atoms in total. The lowest BCUT2D eigenvalue weighted by atomic mass is 10.3. The predicted octanol–water partition coefficient (Wildman–Crippen LogP) is 2.20. The molecule has 0 bridgehead atoms. The van der Waals surface area contributed by atoms with E-state index in [0.29, 0.717) is 0 Å². The molecular weight excluding hydrogens is 403 g/mol. The Morgan fingerprint density at radius 1 is 1.46 bits per heavy atom. The van der Waals surface area contributed by atoms with Crippen LogP contribution in [0.5, 0.6) is 12.0 Å². The third-order valence-corrected chi connectivity index (χ3v) is 3.56. The van der Waals surface area contributed by atoms with Gasteiger partial charge in [-0.25, -0.2) is 4.98 Å². The van der Waals surface area contributed by atoms with Crippen molar-refractivity contribution in [2.24, 2.45) is 0 Å². The van der Waals surface area contributed by atoms with Crippen LogP contribution < -0.4 is 9.47 Å². The van der Waals surface area contributed by atoms with Gasteiger partial charge in [0.1, 0.15) is 12.8 Å². The van der Waals surface area contributed by atoms with Crippen molar-refractivity contribution in [3.05, 3.63) is 32.7 Å². The van der Waals surface area contributed by atoms with E-state index in [0.717, 1.165) is 12.4 Å². The lowest BCUT2D eigenvalue weighted by molar-refractivity contribution is -0.389. The maximum absolute atomic E-state index is 12.8. The monoisotopic (exact) mass is 409 g/mol. The van der Waals surface area contributed by atoms with Gasteiger partial charge >= 0.3 is 24.0 Å². The van der Waals surface area contributed by atoms with Crippen LogP contribution in [0.15, 0.2) is 16.9 Å². The zero-order valence-electron chi connectivity index (χ0n) is 11.5. The van der Waals surface area contributed by atoms with Crippen LogP contribution in [0.1, 0.15) is 5.69 Å². The third kappa shape index (κ3) is 3.25. The van der Waals surface area contributed by atoms with Gasteiger partial charge in [-0.15, -0.1) is 0 Å². The Morgan fingerprint density at radius 2 is 2.21 bits per heavy atom. The summed E-state index contributed by atoms with van der Waals surface area (Å²) >= 11 is 2.73. The van der Waals surface area contributed by atoms with Crippen molar-refractivity contribution in [1.82, 2.24) is 19.5 Å². The minimum atomic E-state index is -4.67. The highest BCUT2D eigenvalue weighted by molar-refractivity contribution is 9.10. The van der Waals surface area contributed by atoms with E-state index < -0.39 is 34.7 Å². The van der Waals surface area contributed by atoms with Gasteiger partial charge in [0, 0.05) is 11.2 Å². The van der Waals surface area contributed by atoms with E-state index in [1.54, 1.807) is 0 Å². The fraction of sp³-hybridized carbons (Fsp3) is 0.364. The molecule has 0 saturated carbocycles. The number of hydrogen-bond acceptors (Lipinski definition) is 7. The van der Waals surface area contributed by atoms with E-state index in [2.05, 4.69) is 30.9 Å². The molecule has 3 heterocycles. The second-order valence-electron chi connectivity index (χ2n) is 4.69. The van der Waals surface area contributed by atoms with Crippen molar-refractivity contribution in [1.29, 1.82) is 0 Å². The van der Waals surface area contributed by atoms with Crippen LogP contribution in [-0.2, 0) is 12.7 Å². The number of nitro groups is 1. The van der Waals surface area contributed by atoms with Gasteiger partial charge in [0.2, 0.25) is 0 Å². The van der Waals surface area contributed by atoms with Crippen LogP contribution in [0.3, 0.4) is 0 Å². The van der Waals surface area contributed by atoms with E-state index >= 15 is 0 Å². The number of alkyl halides is 3. The Labute approximate surface area is 139 Å². The van der Waals surface area contributed by atoms with E-state index in [-0.39, 0.29) is 23.6 Å². The first-order valence-electron chi connectivity index (χ1n) is 6.35. The maximum atomic E-state index is 12.8. The molecule has 0 radical (unpaired) electrons. The third-order valence-electron chi connectivity index (χ3n) is 2.98. The van der Waals surface area contributed by atoms with E-state index in [1.807, 2.05) is 0 Å². The van der Waals surface area contributed by atoms with Crippen molar-refractivity contribution in [2.45, 2.75) is 18.8 Å². The quantitative estimate of drug-likeness (QED) is 0.564. The molecule has 2 aromatic rings. The number of rotatable bonds is 3. The molecule has 1 aliphatic rings. The molecule has 1 atom stereocenters. The summed E-state index contributed by atoms with van der Waals surface area (Å²) in [6.45, 7) is 0.0336. The van der Waals surface area contributed by atoms with Crippen LogP contribution in [0.2, 0.25) is 0 Å². The van der Waals surface area contributed by atoms with E-state index in [4.69, 9.17) is 9.47 Å². The molecule has 0 spiro atoms. The van der Waals surface area contributed by atoms with Gasteiger partial charge in [0.05, 0.1) is 11.0 Å². The standard InChI is InChI=1S/C11H7BrF3N5O4/c12-6-1-16-9(18-8(6)11(13,14)15)24-5-2-19-3-7(20(21)22)17-10(19)23-4-5/h1,3,5H,2,4H2/t5-/m0/s1. The highest BCUT2D eigenvalue weighted by atomic mass is 79.9. The first-order chi connectivity index (χ1) is 11.2. The number of halogens is 4. The SMILES string of the molecule is O=[N+]([O-])c1cn2c(n1)OC[C@@H](Oc1ncc(Br)c(C(F)(F)F)n1)C2. The first kappa shape index (κ1) is 16.4. The minimum Gasteiger partial charge on any atom is -0.455 e. The first-order valence-corrected chi connectivity index (χ1v) is 7.14. The Kier molecular flexibility index (Phi) is 4.03. The minimum absolute atomic E-state index is 0.0363. The number of hydrogen-bond donors (Lipinski definition) is 0. The van der Waals surface area contributed by atoms with E-state index in [9.17, 15) is 23.3 Å². The maximum Gasteiger partial charge on any atom is 0.434 e. The summed E-state index contributed by atoms with van der Waals surface area (Å²) in [5, 5.41) is 10.7. The normalized spacial score (nSPS) is 17.1. The summed E-state index contributed by atoms with van der Waals surface area (Å²) in [5.41, 5.74) is -1.16. The fourth-order valence-corrected chi connectivity index (χ4v) is 2.40. The van der Waals surface area contributed by atoms with Crippen LogP contribution in [0, 0.1) is 10.1 Å². The summed E-state index contributed by atoms with van der Waals surface area (Å²) in [5.74, 6) is -0.398. The molecular formula is C11H7BrF3N5O4. The number of imidazole rings is 1. The molecule has 0 amide bonds. The number of ether oxygens (including phenoxy) is 2. The Balaban J connectivity index is 1.77. The van der Waals surface area contributed by atoms with Gasteiger partial charge < -0.3 is 19.6 Å². The zero-order valence-corrected chi connectivity index (χ0v) is 13.1. The lowest BCUT2D eigenvalue weighted by Crippen LogP contribution is -2.35. The van der Waals surface area contributed by atoms with Crippen LogP contribution in [0.25, 0.3) is 0 Å². The second kappa shape index (κ2) is 5.89. The molecule has 0 aliphatic carbocycles. The van der Waals surface area contributed by atoms with Gasteiger partial charge in [-0.1, -0.05) is 0 Å². The Morgan fingerprint density at radius 3 is 2.88 bits per heavy atom. The summed E-state index contributed by atoms with van der Waals surface area (Å²) in [6, 6.07) is -0.438. The summed E-state index contributed by atoms with van der Waals surface area (Å²) < 4.78 is 49.9. The molecule has 2 aromatic heterocycles. The highest BCUT2D eigenvalue weighted by Gasteiger charge is 2.36. The summed E-state index contributed by atoms with van der Waals surface area (Å²) in [6.07, 6.45) is -3.31. The zero-order chi connectivity index (χ0) is 17.5. The van der Waals surface area contributed by atoms with Crippen molar-refractivity contribution in [2.75, 3.05) is 6.61 Å². The highest BCUT2D eigenvalue weighted by Crippen LogP contribution is 2.34. The van der Waals surface area contributed by atoms with Crippen molar-refractivity contribution in [3.63, 3.8) is 0 Å². The number of fused-ring (bicyclic) bond motifs is 1. The molecule has 0 fully saturated rings. The molecule has 0 aromatic carbocycles. The van der Waals surface area contributed by atoms with Gasteiger partial charge in [-0.05, 0) is 20.9 Å². The molecule has 0 unspecified atom stereocenters. The van der Waals surface area contributed by atoms with Gasteiger partial charge in [0.15, 0.2) is 11.8 Å². The summed E-state index contributed by atoms with van der Waals surface area (Å²) in [7, 11) is 0. The Bertz CT molecular complexity index is 796. The summed E-state index contributed by atoms with van der Waals surface area (Å²) in [4.78, 5) is 20.6. The molecule has 0 saturated heterocycles. The average Bonchev–Trinajstić information content (AvgIpc) is 2.91. The van der Waals surface area contributed by atoms with Crippen LogP contribution >= 0.6 is 15.9 Å². The second-order valence-corrected chi connectivity index (χ2v) is 5.54. The molecule has 1 aliphatic heterocycles. The number of nitrogens with zero attached hydrogens (tertiary/aromatic N) is 5. The topological polar surface area (TPSA) is 105 Å². The van der Waals surface area contributed by atoms with E-state index in [1.165, 1.54) is 4.57 Å². The smallest absolute Gasteiger partial charge is 0.434 e. The molecule has 24 heavy (non-hydrogen) atoms. The lowest BCUT2D eigenvalue weighted by Gasteiger charge is -2.22. The molecule has 13 heteroatoms. The number of aromatic nitrogens is 4. The molecule has 3 rings (SSSR count). The average molecular weight is 410 g/mol. The van der Waals surface area contributed by atoms with Crippen LogP contribution in [0.4, 0.5) is 19.0 Å². The van der Waals surface area contributed by atoms with Gasteiger partial charge in [0.25, 0.3) is 0 Å². The molecule has 128 valence electrons.